The maximum Gasteiger partial charge on any atom is 0.0954 e. The summed E-state index contributed by atoms with van der Waals surface area (Å²) in [6, 6.07) is 0.902. The molecule has 2 unspecified atom stereocenters. The van der Waals surface area contributed by atoms with Crippen LogP contribution >= 0.6 is 0 Å². The van der Waals surface area contributed by atoms with E-state index in [-0.39, 0.29) is 12.1 Å². The average Bonchev–Trinajstić information content (AvgIpc) is 2.91. The van der Waals surface area contributed by atoms with Crippen molar-refractivity contribution >= 4 is 0 Å². The van der Waals surface area contributed by atoms with Crippen LogP contribution in [0.3, 0.4) is 0 Å². The molecule has 3 rings (SSSR count). The molecular weight excluding hydrogens is 262 g/mol. The summed E-state index contributed by atoms with van der Waals surface area (Å²) in [6.07, 6.45) is 11.4. The molecule has 4 heteroatoms. The van der Waals surface area contributed by atoms with E-state index in [0.717, 1.165) is 19.3 Å². The van der Waals surface area contributed by atoms with Crippen LogP contribution in [0.2, 0.25) is 0 Å². The molecule has 0 spiro atoms. The number of aromatic nitrogens is 2. The fourth-order valence-corrected chi connectivity index (χ4v) is 4.31. The lowest BCUT2D eigenvalue weighted by molar-refractivity contribution is 0.0896. The summed E-state index contributed by atoms with van der Waals surface area (Å²) in [7, 11) is 0. The number of nitrogens with zero attached hydrogens (tertiary/aromatic N) is 2. The van der Waals surface area contributed by atoms with Gasteiger partial charge in [-0.05, 0) is 51.4 Å². The Kier molecular flexibility index (Phi) is 4.36. The zero-order valence-electron chi connectivity index (χ0n) is 13.4. The van der Waals surface area contributed by atoms with Gasteiger partial charge in [-0.15, -0.1) is 0 Å². The highest BCUT2D eigenvalue weighted by molar-refractivity contribution is 5.18. The number of nitrogens with one attached hydrogen (secondary N) is 1. The van der Waals surface area contributed by atoms with Gasteiger partial charge in [-0.25, -0.2) is 4.98 Å². The Bertz CT molecular complexity index is 482. The van der Waals surface area contributed by atoms with Crippen LogP contribution in [0.15, 0.2) is 6.33 Å². The number of imidazole rings is 1. The first-order valence-corrected chi connectivity index (χ1v) is 8.57. The summed E-state index contributed by atoms with van der Waals surface area (Å²) in [5, 5.41) is 13.6. The normalized spacial score (nSPS) is 29.6. The first-order valence-electron chi connectivity index (χ1n) is 8.57. The van der Waals surface area contributed by atoms with Gasteiger partial charge in [-0.2, -0.15) is 0 Å². The highest BCUT2D eigenvalue weighted by atomic mass is 16.3. The van der Waals surface area contributed by atoms with Crippen molar-refractivity contribution in [3.63, 3.8) is 0 Å². The summed E-state index contributed by atoms with van der Waals surface area (Å²) >= 11 is 0. The molecule has 118 valence electrons. The van der Waals surface area contributed by atoms with E-state index in [1.54, 1.807) is 0 Å². The molecule has 2 aliphatic rings. The highest BCUT2D eigenvalue weighted by Crippen LogP contribution is 2.37. The predicted molar refractivity (Wildman–Crippen MR) is 84.5 cm³/mol. The van der Waals surface area contributed by atoms with Gasteiger partial charge in [0, 0.05) is 23.3 Å². The number of aliphatic hydroxyl groups excluding tert-OH is 1. The first kappa shape index (κ1) is 15.0. The highest BCUT2D eigenvalue weighted by Gasteiger charge is 2.37. The number of aliphatic hydroxyl groups is 1. The Balaban J connectivity index is 1.81. The number of hydrogen-bond donors (Lipinski definition) is 2. The van der Waals surface area contributed by atoms with Gasteiger partial charge in [0.2, 0.25) is 0 Å². The first-order chi connectivity index (χ1) is 10.1. The van der Waals surface area contributed by atoms with Crippen molar-refractivity contribution in [2.45, 2.75) is 82.8 Å². The van der Waals surface area contributed by atoms with E-state index in [9.17, 15) is 5.11 Å². The smallest absolute Gasteiger partial charge is 0.0954 e. The van der Waals surface area contributed by atoms with Crippen LogP contribution in [-0.2, 0) is 12.8 Å². The van der Waals surface area contributed by atoms with Crippen molar-refractivity contribution in [3.05, 3.63) is 17.7 Å². The monoisotopic (exact) mass is 291 g/mol. The molecule has 1 aromatic heterocycles. The third-order valence-corrected chi connectivity index (χ3v) is 5.17. The zero-order valence-corrected chi connectivity index (χ0v) is 13.4. The fraction of sp³-hybridized carbons (Fsp3) is 0.824. The molecule has 0 aromatic carbocycles. The minimum atomic E-state index is -0.108. The Morgan fingerprint density at radius 3 is 2.95 bits per heavy atom. The SMILES string of the molecule is CC(C)NC1(CO)CCCC(n2cnc3c2CCCC3)C1. The van der Waals surface area contributed by atoms with Crippen molar-refractivity contribution in [1.29, 1.82) is 0 Å². The lowest BCUT2D eigenvalue weighted by Gasteiger charge is -2.42. The predicted octanol–water partition coefficient (Wildman–Crippen LogP) is 2.61. The van der Waals surface area contributed by atoms with Gasteiger partial charge >= 0.3 is 0 Å². The van der Waals surface area contributed by atoms with E-state index >= 15 is 0 Å². The Hall–Kier alpha value is -0.870. The third-order valence-electron chi connectivity index (χ3n) is 5.17. The van der Waals surface area contributed by atoms with E-state index < -0.39 is 0 Å². The van der Waals surface area contributed by atoms with Crippen LogP contribution in [0.1, 0.15) is 69.8 Å². The number of rotatable bonds is 4. The Morgan fingerprint density at radius 2 is 2.19 bits per heavy atom. The molecule has 0 saturated heterocycles. The standard InChI is InChI=1S/C17H29N3O/c1-13(2)19-17(11-21)9-5-6-14(10-17)20-12-18-15-7-3-4-8-16(15)20/h12-14,19,21H,3-11H2,1-2H3. The largest absolute Gasteiger partial charge is 0.394 e. The van der Waals surface area contributed by atoms with Crippen molar-refractivity contribution in [3.8, 4) is 0 Å². The lowest BCUT2D eigenvalue weighted by Crippen LogP contribution is -2.54. The van der Waals surface area contributed by atoms with Gasteiger partial charge in [0.25, 0.3) is 0 Å². The number of hydrogen-bond acceptors (Lipinski definition) is 3. The molecule has 1 saturated carbocycles. The van der Waals surface area contributed by atoms with Crippen molar-refractivity contribution in [2.24, 2.45) is 0 Å². The minimum Gasteiger partial charge on any atom is -0.394 e. The molecule has 2 atom stereocenters. The average molecular weight is 291 g/mol. The maximum atomic E-state index is 9.96. The molecule has 2 N–H and O–H groups in total. The van der Waals surface area contributed by atoms with Crippen LogP contribution in [0.25, 0.3) is 0 Å². The van der Waals surface area contributed by atoms with E-state index in [0.29, 0.717) is 12.1 Å². The Labute approximate surface area is 128 Å². The molecule has 0 aliphatic heterocycles. The molecule has 1 fully saturated rings. The van der Waals surface area contributed by atoms with Crippen LogP contribution in [0.4, 0.5) is 0 Å². The van der Waals surface area contributed by atoms with E-state index in [1.165, 1.54) is 43.5 Å². The summed E-state index contributed by atoms with van der Waals surface area (Å²) in [5.41, 5.74) is 2.67. The maximum absolute atomic E-state index is 9.96. The van der Waals surface area contributed by atoms with Crippen molar-refractivity contribution in [1.82, 2.24) is 14.9 Å². The van der Waals surface area contributed by atoms with Crippen molar-refractivity contribution < 1.29 is 5.11 Å². The van der Waals surface area contributed by atoms with Gasteiger partial charge in [0.05, 0.1) is 18.6 Å². The molecule has 4 nitrogen and oxygen atoms in total. The van der Waals surface area contributed by atoms with Crippen LogP contribution < -0.4 is 5.32 Å². The topological polar surface area (TPSA) is 50.1 Å². The third kappa shape index (κ3) is 3.02. The van der Waals surface area contributed by atoms with E-state index in [2.05, 4.69) is 35.0 Å². The molecule has 21 heavy (non-hydrogen) atoms. The lowest BCUT2D eigenvalue weighted by atomic mass is 9.78. The summed E-state index contributed by atoms with van der Waals surface area (Å²) in [4.78, 5) is 4.65. The van der Waals surface area contributed by atoms with Gasteiger partial charge in [-0.3, -0.25) is 0 Å². The quantitative estimate of drug-likeness (QED) is 0.896. The zero-order chi connectivity index (χ0) is 14.9. The second kappa shape index (κ2) is 6.09. The number of aryl methyl sites for hydroxylation is 1. The Morgan fingerprint density at radius 1 is 1.38 bits per heavy atom. The molecule has 1 heterocycles. The second-order valence-corrected chi connectivity index (χ2v) is 7.24. The van der Waals surface area contributed by atoms with Crippen LogP contribution in [0, 0.1) is 0 Å². The molecule has 2 aliphatic carbocycles. The molecular formula is C17H29N3O. The molecule has 0 radical (unpaired) electrons. The van der Waals surface area contributed by atoms with Gasteiger partial charge in [0.1, 0.15) is 0 Å². The van der Waals surface area contributed by atoms with E-state index in [1.807, 2.05) is 0 Å². The van der Waals surface area contributed by atoms with Crippen LogP contribution in [-0.4, -0.2) is 32.8 Å². The summed E-state index contributed by atoms with van der Waals surface area (Å²) in [5.74, 6) is 0. The molecule has 0 bridgehead atoms. The second-order valence-electron chi connectivity index (χ2n) is 7.24. The van der Waals surface area contributed by atoms with Gasteiger partial charge in [0.15, 0.2) is 0 Å². The van der Waals surface area contributed by atoms with Gasteiger partial charge in [-0.1, -0.05) is 13.8 Å². The minimum absolute atomic E-state index is 0.108. The van der Waals surface area contributed by atoms with Crippen LogP contribution in [0.5, 0.6) is 0 Å². The van der Waals surface area contributed by atoms with E-state index in [4.69, 9.17) is 0 Å². The summed E-state index contributed by atoms with van der Waals surface area (Å²) < 4.78 is 2.43. The molecule has 1 aromatic rings. The summed E-state index contributed by atoms with van der Waals surface area (Å²) in [6.45, 7) is 4.57. The number of fused-ring (bicyclic) bond motifs is 1. The molecule has 0 amide bonds. The van der Waals surface area contributed by atoms with Gasteiger partial charge < -0.3 is 15.0 Å². The van der Waals surface area contributed by atoms with Crippen molar-refractivity contribution in [2.75, 3.05) is 6.61 Å². The fourth-order valence-electron chi connectivity index (χ4n) is 4.31.